The standard InChI is InChI=1S/C15H23NO4S/c1-11-8-9-16(21(17,18)10-12(2)19-3)15-13(11)6-5-7-14(15)20-4/h5-7,11-12H,8-10H2,1-4H3/t11-,12+/m1/s1. The van der Waals surface area contributed by atoms with Gasteiger partial charge >= 0.3 is 0 Å². The Labute approximate surface area is 126 Å². The summed E-state index contributed by atoms with van der Waals surface area (Å²) in [6, 6.07) is 5.69. The summed E-state index contributed by atoms with van der Waals surface area (Å²) in [5.41, 5.74) is 1.70. The molecule has 1 aromatic rings. The molecule has 0 unspecified atom stereocenters. The van der Waals surface area contributed by atoms with Crippen molar-refractivity contribution in [2.24, 2.45) is 0 Å². The largest absolute Gasteiger partial charge is 0.495 e. The zero-order valence-corrected chi connectivity index (χ0v) is 13.8. The molecular formula is C15H23NO4S. The first-order valence-corrected chi connectivity index (χ1v) is 8.71. The number of fused-ring (bicyclic) bond motifs is 1. The van der Waals surface area contributed by atoms with Gasteiger partial charge < -0.3 is 9.47 Å². The number of methoxy groups -OCH3 is 2. The Morgan fingerprint density at radius 3 is 2.71 bits per heavy atom. The molecular weight excluding hydrogens is 290 g/mol. The molecule has 1 heterocycles. The summed E-state index contributed by atoms with van der Waals surface area (Å²) in [4.78, 5) is 0. The first-order valence-electron chi connectivity index (χ1n) is 7.10. The van der Waals surface area contributed by atoms with E-state index in [1.807, 2.05) is 12.1 Å². The van der Waals surface area contributed by atoms with Crippen molar-refractivity contribution in [3.63, 3.8) is 0 Å². The Bertz CT molecular complexity index is 600. The third kappa shape index (κ3) is 3.16. The van der Waals surface area contributed by atoms with Crippen molar-refractivity contribution in [2.75, 3.05) is 30.8 Å². The number of hydrogen-bond donors (Lipinski definition) is 0. The molecule has 0 bridgehead atoms. The van der Waals surface area contributed by atoms with Crippen molar-refractivity contribution in [3.05, 3.63) is 23.8 Å². The van der Waals surface area contributed by atoms with E-state index in [1.54, 1.807) is 20.1 Å². The molecule has 0 fully saturated rings. The molecule has 0 N–H and O–H groups in total. The van der Waals surface area contributed by atoms with Crippen LogP contribution in [0.25, 0.3) is 0 Å². The predicted molar refractivity (Wildman–Crippen MR) is 83.6 cm³/mol. The molecule has 5 nitrogen and oxygen atoms in total. The van der Waals surface area contributed by atoms with Crippen LogP contribution in [-0.2, 0) is 14.8 Å². The van der Waals surface area contributed by atoms with Gasteiger partial charge in [0.15, 0.2) is 0 Å². The summed E-state index contributed by atoms with van der Waals surface area (Å²) in [6.45, 7) is 4.35. The second-order valence-corrected chi connectivity index (χ2v) is 7.42. The number of para-hydroxylation sites is 1. The Morgan fingerprint density at radius 1 is 1.38 bits per heavy atom. The van der Waals surface area contributed by atoms with Crippen molar-refractivity contribution in [2.45, 2.75) is 32.3 Å². The highest BCUT2D eigenvalue weighted by atomic mass is 32.2. The topological polar surface area (TPSA) is 55.8 Å². The van der Waals surface area contributed by atoms with Crippen LogP contribution < -0.4 is 9.04 Å². The van der Waals surface area contributed by atoms with E-state index < -0.39 is 10.0 Å². The van der Waals surface area contributed by atoms with Gasteiger partial charge in [-0.25, -0.2) is 8.42 Å². The van der Waals surface area contributed by atoms with Crippen molar-refractivity contribution in [3.8, 4) is 5.75 Å². The molecule has 0 aromatic heterocycles. The van der Waals surface area contributed by atoms with Crippen molar-refractivity contribution >= 4 is 15.7 Å². The van der Waals surface area contributed by atoms with Crippen LogP contribution in [0, 0.1) is 0 Å². The van der Waals surface area contributed by atoms with Gasteiger partial charge in [0.2, 0.25) is 10.0 Å². The summed E-state index contributed by atoms with van der Waals surface area (Å²) >= 11 is 0. The van der Waals surface area contributed by atoms with E-state index in [0.717, 1.165) is 12.0 Å². The molecule has 1 aliphatic heterocycles. The molecule has 1 aromatic carbocycles. The van der Waals surface area contributed by atoms with Gasteiger partial charge in [0.1, 0.15) is 5.75 Å². The van der Waals surface area contributed by atoms with Crippen LogP contribution in [0.4, 0.5) is 5.69 Å². The van der Waals surface area contributed by atoms with Crippen LogP contribution in [-0.4, -0.2) is 41.0 Å². The van der Waals surface area contributed by atoms with E-state index in [-0.39, 0.29) is 11.9 Å². The van der Waals surface area contributed by atoms with Gasteiger partial charge in [-0.15, -0.1) is 0 Å². The second kappa shape index (κ2) is 6.23. The molecule has 2 rings (SSSR count). The molecule has 0 aliphatic carbocycles. The fraction of sp³-hybridized carbons (Fsp3) is 0.600. The van der Waals surface area contributed by atoms with Crippen LogP contribution in [0.3, 0.4) is 0 Å². The number of hydrogen-bond acceptors (Lipinski definition) is 4. The third-order valence-corrected chi connectivity index (χ3v) is 5.91. The molecule has 1 aliphatic rings. The van der Waals surface area contributed by atoms with Gasteiger partial charge in [0.25, 0.3) is 0 Å². The summed E-state index contributed by atoms with van der Waals surface area (Å²) in [6.07, 6.45) is 0.466. The normalized spacial score (nSPS) is 20.0. The molecule has 0 saturated heterocycles. The van der Waals surface area contributed by atoms with E-state index in [4.69, 9.17) is 9.47 Å². The smallest absolute Gasteiger partial charge is 0.237 e. The maximum absolute atomic E-state index is 12.7. The first-order chi connectivity index (χ1) is 9.90. The van der Waals surface area contributed by atoms with Crippen LogP contribution >= 0.6 is 0 Å². The quantitative estimate of drug-likeness (QED) is 0.837. The maximum atomic E-state index is 12.7. The average molecular weight is 313 g/mol. The highest BCUT2D eigenvalue weighted by Crippen LogP contribution is 2.42. The highest BCUT2D eigenvalue weighted by molar-refractivity contribution is 7.92. The van der Waals surface area contributed by atoms with E-state index >= 15 is 0 Å². The molecule has 6 heteroatoms. The summed E-state index contributed by atoms with van der Waals surface area (Å²) in [7, 11) is -0.348. The Balaban J connectivity index is 2.47. The molecule has 0 radical (unpaired) electrons. The number of nitrogens with zero attached hydrogens (tertiary/aromatic N) is 1. The monoisotopic (exact) mass is 313 g/mol. The summed E-state index contributed by atoms with van der Waals surface area (Å²) in [5.74, 6) is 0.893. The number of anilines is 1. The van der Waals surface area contributed by atoms with Crippen LogP contribution in [0.5, 0.6) is 5.75 Å². The Morgan fingerprint density at radius 2 is 2.10 bits per heavy atom. The van der Waals surface area contributed by atoms with E-state index in [2.05, 4.69) is 6.92 Å². The highest BCUT2D eigenvalue weighted by Gasteiger charge is 2.33. The number of ether oxygens (including phenoxy) is 2. The number of rotatable bonds is 5. The molecule has 21 heavy (non-hydrogen) atoms. The van der Waals surface area contributed by atoms with E-state index in [0.29, 0.717) is 23.9 Å². The van der Waals surface area contributed by atoms with Gasteiger partial charge in [-0.3, -0.25) is 4.31 Å². The zero-order valence-electron chi connectivity index (χ0n) is 13.0. The number of sulfonamides is 1. The van der Waals surface area contributed by atoms with Crippen LogP contribution in [0.15, 0.2) is 18.2 Å². The van der Waals surface area contributed by atoms with Crippen molar-refractivity contribution < 1.29 is 17.9 Å². The second-order valence-electron chi connectivity index (χ2n) is 5.48. The minimum absolute atomic E-state index is 0.0324. The SMILES string of the molecule is COc1cccc2c1N(S(=O)(=O)C[C@H](C)OC)CC[C@H]2C. The Kier molecular flexibility index (Phi) is 4.78. The van der Waals surface area contributed by atoms with Gasteiger partial charge in [0.05, 0.1) is 24.7 Å². The average Bonchev–Trinajstić information content (AvgIpc) is 2.46. The van der Waals surface area contributed by atoms with Gasteiger partial charge in [-0.1, -0.05) is 19.1 Å². The van der Waals surface area contributed by atoms with Gasteiger partial charge in [-0.2, -0.15) is 0 Å². The first kappa shape index (κ1) is 16.1. The zero-order chi connectivity index (χ0) is 15.6. The Hall–Kier alpha value is -1.27. The van der Waals surface area contributed by atoms with E-state index in [1.165, 1.54) is 11.4 Å². The minimum atomic E-state index is -3.44. The van der Waals surface area contributed by atoms with Gasteiger partial charge in [-0.05, 0) is 30.9 Å². The molecule has 2 atom stereocenters. The fourth-order valence-electron chi connectivity index (χ4n) is 2.68. The summed E-state index contributed by atoms with van der Waals surface area (Å²) in [5, 5.41) is 0. The van der Waals surface area contributed by atoms with Crippen molar-refractivity contribution in [1.29, 1.82) is 0 Å². The molecule has 118 valence electrons. The van der Waals surface area contributed by atoms with Gasteiger partial charge in [0, 0.05) is 13.7 Å². The van der Waals surface area contributed by atoms with E-state index in [9.17, 15) is 8.42 Å². The number of benzene rings is 1. The maximum Gasteiger partial charge on any atom is 0.237 e. The lowest BCUT2D eigenvalue weighted by atomic mass is 9.92. The minimum Gasteiger partial charge on any atom is -0.495 e. The van der Waals surface area contributed by atoms with Crippen LogP contribution in [0.1, 0.15) is 31.7 Å². The lowest BCUT2D eigenvalue weighted by molar-refractivity contribution is 0.136. The molecule has 0 saturated carbocycles. The fourth-order valence-corrected chi connectivity index (χ4v) is 4.45. The molecule has 0 amide bonds. The lowest BCUT2D eigenvalue weighted by Gasteiger charge is -2.35. The summed E-state index contributed by atoms with van der Waals surface area (Å²) < 4.78 is 37.3. The van der Waals surface area contributed by atoms with Crippen molar-refractivity contribution in [1.82, 2.24) is 0 Å². The molecule has 0 spiro atoms. The van der Waals surface area contributed by atoms with Crippen LogP contribution in [0.2, 0.25) is 0 Å². The predicted octanol–water partition coefficient (Wildman–Crippen LogP) is 2.37. The third-order valence-electron chi connectivity index (χ3n) is 3.98. The lowest BCUT2D eigenvalue weighted by Crippen LogP contribution is -2.40.